The predicted molar refractivity (Wildman–Crippen MR) is 67.0 cm³/mol. The third-order valence-electron chi connectivity index (χ3n) is 3.10. The molecule has 0 saturated heterocycles. The van der Waals surface area contributed by atoms with Gasteiger partial charge in [-0.1, -0.05) is 0 Å². The predicted octanol–water partition coefficient (Wildman–Crippen LogP) is 0.741. The first kappa shape index (κ1) is 12.3. The number of nitrogens with two attached hydrogens (primary N) is 1. The number of rotatable bonds is 6. The molecule has 0 radical (unpaired) electrons. The van der Waals surface area contributed by atoms with Crippen LogP contribution in [-0.2, 0) is 17.6 Å². The van der Waals surface area contributed by atoms with Crippen LogP contribution in [0, 0.1) is 0 Å². The van der Waals surface area contributed by atoms with Crippen LogP contribution in [0.5, 0.6) is 0 Å². The van der Waals surface area contributed by atoms with E-state index < -0.39 is 0 Å². The summed E-state index contributed by atoms with van der Waals surface area (Å²) in [5.41, 5.74) is 8.05. The number of hydrogen-bond acceptors (Lipinski definition) is 5. The Balaban J connectivity index is 2.09. The van der Waals surface area contributed by atoms with E-state index in [2.05, 4.69) is 15.3 Å². The molecule has 5 heteroatoms. The van der Waals surface area contributed by atoms with Gasteiger partial charge >= 0.3 is 0 Å². The molecule has 0 spiro atoms. The number of anilines is 1. The van der Waals surface area contributed by atoms with Crippen LogP contribution >= 0.6 is 0 Å². The second kappa shape index (κ2) is 5.93. The van der Waals surface area contributed by atoms with Gasteiger partial charge in [-0.3, -0.25) is 0 Å². The van der Waals surface area contributed by atoms with Gasteiger partial charge in [0, 0.05) is 18.4 Å². The van der Waals surface area contributed by atoms with Crippen LogP contribution in [0.2, 0.25) is 0 Å². The second-order valence-corrected chi connectivity index (χ2v) is 4.38. The standard InChI is InChI=1S/C12H20N4O/c1-17-7-9(5-6-13)16-12-10-3-2-4-11(10)14-8-15-12/h8-9H,2-7,13H2,1H3,(H,14,15,16). The molecule has 0 amide bonds. The molecule has 2 rings (SSSR count). The minimum Gasteiger partial charge on any atom is -0.383 e. The molecule has 1 aliphatic rings. The normalized spacial score (nSPS) is 15.6. The summed E-state index contributed by atoms with van der Waals surface area (Å²) in [7, 11) is 1.70. The lowest BCUT2D eigenvalue weighted by atomic mass is 10.2. The monoisotopic (exact) mass is 236 g/mol. The van der Waals surface area contributed by atoms with E-state index in [1.54, 1.807) is 13.4 Å². The molecule has 0 bridgehead atoms. The lowest BCUT2D eigenvalue weighted by Crippen LogP contribution is -2.28. The molecular weight excluding hydrogens is 216 g/mol. The summed E-state index contributed by atoms with van der Waals surface area (Å²) in [6, 6.07) is 0.226. The minimum atomic E-state index is 0.226. The summed E-state index contributed by atoms with van der Waals surface area (Å²) in [5, 5.41) is 3.43. The van der Waals surface area contributed by atoms with E-state index in [9.17, 15) is 0 Å². The van der Waals surface area contributed by atoms with Gasteiger partial charge in [0.25, 0.3) is 0 Å². The highest BCUT2D eigenvalue weighted by Gasteiger charge is 2.18. The summed E-state index contributed by atoms with van der Waals surface area (Å²) in [6.07, 6.45) is 5.83. The van der Waals surface area contributed by atoms with E-state index in [1.807, 2.05) is 0 Å². The molecule has 0 aliphatic heterocycles. The highest BCUT2D eigenvalue weighted by molar-refractivity contribution is 5.48. The molecule has 0 fully saturated rings. The highest BCUT2D eigenvalue weighted by atomic mass is 16.5. The lowest BCUT2D eigenvalue weighted by molar-refractivity contribution is 0.183. The Morgan fingerprint density at radius 3 is 3.12 bits per heavy atom. The first-order valence-electron chi connectivity index (χ1n) is 6.13. The quantitative estimate of drug-likeness (QED) is 0.762. The van der Waals surface area contributed by atoms with Crippen LogP contribution < -0.4 is 11.1 Å². The van der Waals surface area contributed by atoms with Gasteiger partial charge in [-0.05, 0) is 32.2 Å². The van der Waals surface area contributed by atoms with Crippen molar-refractivity contribution in [2.75, 3.05) is 25.6 Å². The maximum atomic E-state index is 5.60. The fourth-order valence-corrected chi connectivity index (χ4v) is 2.28. The topological polar surface area (TPSA) is 73.1 Å². The molecule has 5 nitrogen and oxygen atoms in total. The zero-order valence-corrected chi connectivity index (χ0v) is 10.3. The van der Waals surface area contributed by atoms with Crippen molar-refractivity contribution in [2.45, 2.75) is 31.7 Å². The summed E-state index contributed by atoms with van der Waals surface area (Å²) in [4.78, 5) is 8.65. The van der Waals surface area contributed by atoms with Crippen molar-refractivity contribution in [3.05, 3.63) is 17.6 Å². The zero-order chi connectivity index (χ0) is 12.1. The van der Waals surface area contributed by atoms with E-state index in [0.717, 1.165) is 25.1 Å². The number of nitrogens with one attached hydrogen (secondary N) is 1. The number of methoxy groups -OCH3 is 1. The summed E-state index contributed by atoms with van der Waals surface area (Å²) < 4.78 is 5.19. The number of fused-ring (bicyclic) bond motifs is 1. The van der Waals surface area contributed by atoms with Gasteiger partial charge in [-0.2, -0.15) is 0 Å². The van der Waals surface area contributed by atoms with Crippen molar-refractivity contribution in [2.24, 2.45) is 5.73 Å². The Morgan fingerprint density at radius 2 is 2.35 bits per heavy atom. The summed E-state index contributed by atoms with van der Waals surface area (Å²) in [6.45, 7) is 1.30. The van der Waals surface area contributed by atoms with E-state index in [0.29, 0.717) is 13.2 Å². The van der Waals surface area contributed by atoms with Crippen LogP contribution in [0.15, 0.2) is 6.33 Å². The minimum absolute atomic E-state index is 0.226. The molecule has 1 aromatic heterocycles. The Morgan fingerprint density at radius 1 is 1.47 bits per heavy atom. The van der Waals surface area contributed by atoms with Crippen molar-refractivity contribution in [3.8, 4) is 0 Å². The molecule has 1 atom stereocenters. The van der Waals surface area contributed by atoms with Crippen LogP contribution in [0.3, 0.4) is 0 Å². The maximum absolute atomic E-state index is 5.60. The summed E-state index contributed by atoms with van der Waals surface area (Å²) in [5.74, 6) is 0.961. The number of hydrogen-bond donors (Lipinski definition) is 2. The third kappa shape index (κ3) is 2.92. The van der Waals surface area contributed by atoms with E-state index in [4.69, 9.17) is 10.5 Å². The molecule has 3 N–H and O–H groups in total. The van der Waals surface area contributed by atoms with Gasteiger partial charge in [0.05, 0.1) is 12.6 Å². The fourth-order valence-electron chi connectivity index (χ4n) is 2.28. The molecule has 1 heterocycles. The van der Waals surface area contributed by atoms with Crippen LogP contribution in [-0.4, -0.2) is 36.3 Å². The average Bonchev–Trinajstić information content (AvgIpc) is 2.79. The molecule has 1 unspecified atom stereocenters. The Hall–Kier alpha value is -1.20. The van der Waals surface area contributed by atoms with Gasteiger partial charge in [0.15, 0.2) is 0 Å². The second-order valence-electron chi connectivity index (χ2n) is 4.38. The number of aromatic nitrogens is 2. The molecule has 17 heavy (non-hydrogen) atoms. The SMILES string of the molecule is COCC(CCN)Nc1ncnc2c1CCC2. The Kier molecular flexibility index (Phi) is 4.28. The number of nitrogens with zero attached hydrogens (tertiary/aromatic N) is 2. The van der Waals surface area contributed by atoms with Crippen molar-refractivity contribution < 1.29 is 4.74 Å². The van der Waals surface area contributed by atoms with Crippen LogP contribution in [0.1, 0.15) is 24.1 Å². The molecule has 1 aromatic rings. The molecular formula is C12H20N4O. The van der Waals surface area contributed by atoms with Gasteiger partial charge in [0.2, 0.25) is 0 Å². The highest BCUT2D eigenvalue weighted by Crippen LogP contribution is 2.25. The van der Waals surface area contributed by atoms with Crippen molar-refractivity contribution in [1.82, 2.24) is 9.97 Å². The van der Waals surface area contributed by atoms with Crippen molar-refractivity contribution in [1.29, 1.82) is 0 Å². The largest absolute Gasteiger partial charge is 0.383 e. The van der Waals surface area contributed by atoms with Gasteiger partial charge in [-0.15, -0.1) is 0 Å². The zero-order valence-electron chi connectivity index (χ0n) is 10.3. The van der Waals surface area contributed by atoms with Gasteiger partial charge < -0.3 is 15.8 Å². The average molecular weight is 236 g/mol. The van der Waals surface area contributed by atoms with E-state index in [1.165, 1.54) is 17.7 Å². The molecule has 0 saturated carbocycles. The first-order valence-corrected chi connectivity index (χ1v) is 6.13. The third-order valence-corrected chi connectivity index (χ3v) is 3.10. The molecule has 0 aromatic carbocycles. The Bertz CT molecular complexity index is 364. The summed E-state index contributed by atoms with van der Waals surface area (Å²) >= 11 is 0. The molecule has 1 aliphatic carbocycles. The molecule has 94 valence electrons. The van der Waals surface area contributed by atoms with Crippen molar-refractivity contribution >= 4 is 5.82 Å². The van der Waals surface area contributed by atoms with Crippen LogP contribution in [0.4, 0.5) is 5.82 Å². The number of aryl methyl sites for hydroxylation is 1. The first-order chi connectivity index (χ1) is 8.35. The lowest BCUT2D eigenvalue weighted by Gasteiger charge is -2.19. The van der Waals surface area contributed by atoms with E-state index in [-0.39, 0.29) is 6.04 Å². The van der Waals surface area contributed by atoms with E-state index >= 15 is 0 Å². The van der Waals surface area contributed by atoms with Crippen molar-refractivity contribution in [3.63, 3.8) is 0 Å². The smallest absolute Gasteiger partial charge is 0.133 e. The van der Waals surface area contributed by atoms with Gasteiger partial charge in [-0.25, -0.2) is 9.97 Å². The maximum Gasteiger partial charge on any atom is 0.133 e. The van der Waals surface area contributed by atoms with Crippen LogP contribution in [0.25, 0.3) is 0 Å². The Labute approximate surface area is 102 Å². The van der Waals surface area contributed by atoms with Gasteiger partial charge in [0.1, 0.15) is 12.1 Å². The fraction of sp³-hybridized carbons (Fsp3) is 0.667. The number of ether oxygens (including phenoxy) is 1.